The van der Waals surface area contributed by atoms with E-state index in [1.165, 1.54) is 16.7 Å². The van der Waals surface area contributed by atoms with Crippen molar-refractivity contribution in [3.8, 4) is 0 Å². The van der Waals surface area contributed by atoms with E-state index >= 15 is 0 Å². The lowest BCUT2D eigenvalue weighted by Crippen LogP contribution is -2.15. The maximum Gasteiger partial charge on any atom is 0.0569 e. The van der Waals surface area contributed by atoms with E-state index in [0.717, 1.165) is 10.6 Å². The predicted octanol–water partition coefficient (Wildman–Crippen LogP) is 5.63. The lowest BCUT2D eigenvalue weighted by atomic mass is 9.87. The molecule has 2 N–H and O–H groups in total. The molecular formula is C19H24ClN. The highest BCUT2D eigenvalue weighted by Gasteiger charge is 2.18. The standard InChI is InChI=1S/C19H24ClN/c1-12(2)14-9-10-15(17(11-14)13(3)4)19(21)16-7-5-6-8-18(16)20/h5-13,19H,21H2,1-4H3. The number of halogens is 1. The molecule has 0 aliphatic rings. The lowest BCUT2D eigenvalue weighted by Gasteiger charge is -2.22. The third kappa shape index (κ3) is 3.48. The van der Waals surface area contributed by atoms with Gasteiger partial charge < -0.3 is 5.73 Å². The summed E-state index contributed by atoms with van der Waals surface area (Å²) in [6.07, 6.45) is 0. The van der Waals surface area contributed by atoms with E-state index in [1.54, 1.807) is 0 Å². The molecule has 1 atom stereocenters. The Kier molecular flexibility index (Phi) is 5.08. The molecule has 0 aromatic heterocycles. The van der Waals surface area contributed by atoms with Gasteiger partial charge in [0.25, 0.3) is 0 Å². The van der Waals surface area contributed by atoms with Crippen molar-refractivity contribution in [1.82, 2.24) is 0 Å². The van der Waals surface area contributed by atoms with Gasteiger partial charge in [0, 0.05) is 5.02 Å². The zero-order valence-electron chi connectivity index (χ0n) is 13.2. The van der Waals surface area contributed by atoms with Gasteiger partial charge in [0.05, 0.1) is 6.04 Å². The summed E-state index contributed by atoms with van der Waals surface area (Å²) in [6.45, 7) is 8.85. The number of rotatable bonds is 4. The second-order valence-electron chi connectivity index (χ2n) is 6.20. The van der Waals surface area contributed by atoms with Crippen molar-refractivity contribution in [2.24, 2.45) is 5.73 Å². The van der Waals surface area contributed by atoms with Gasteiger partial charge in [0.1, 0.15) is 0 Å². The first-order valence-corrected chi connectivity index (χ1v) is 7.93. The van der Waals surface area contributed by atoms with E-state index in [1.807, 2.05) is 24.3 Å². The molecule has 0 saturated carbocycles. The molecule has 2 rings (SSSR count). The third-order valence-corrected chi connectivity index (χ3v) is 4.32. The molecule has 0 heterocycles. The van der Waals surface area contributed by atoms with Crippen LogP contribution in [0.2, 0.25) is 5.02 Å². The van der Waals surface area contributed by atoms with Crippen LogP contribution in [-0.2, 0) is 0 Å². The summed E-state index contributed by atoms with van der Waals surface area (Å²) in [4.78, 5) is 0. The summed E-state index contributed by atoms with van der Waals surface area (Å²) < 4.78 is 0. The van der Waals surface area contributed by atoms with Crippen LogP contribution in [0.3, 0.4) is 0 Å². The zero-order chi connectivity index (χ0) is 15.6. The first-order valence-electron chi connectivity index (χ1n) is 7.55. The number of hydrogen-bond acceptors (Lipinski definition) is 1. The maximum atomic E-state index is 6.50. The first kappa shape index (κ1) is 16.1. The Balaban J connectivity index is 2.50. The van der Waals surface area contributed by atoms with Crippen LogP contribution in [0.1, 0.15) is 67.8 Å². The van der Waals surface area contributed by atoms with E-state index < -0.39 is 0 Å². The van der Waals surface area contributed by atoms with Crippen LogP contribution in [0.4, 0.5) is 0 Å². The largest absolute Gasteiger partial charge is 0.320 e. The number of benzene rings is 2. The molecule has 2 heteroatoms. The van der Waals surface area contributed by atoms with Crippen LogP contribution in [0, 0.1) is 0 Å². The van der Waals surface area contributed by atoms with Crippen LogP contribution >= 0.6 is 11.6 Å². The molecule has 0 aliphatic carbocycles. The van der Waals surface area contributed by atoms with Crippen molar-refractivity contribution >= 4 is 11.6 Å². The summed E-state index contributed by atoms with van der Waals surface area (Å²) in [5.41, 5.74) is 11.3. The fraction of sp³-hybridized carbons (Fsp3) is 0.368. The molecule has 2 aromatic carbocycles. The summed E-state index contributed by atoms with van der Waals surface area (Å²) >= 11 is 6.30. The smallest absolute Gasteiger partial charge is 0.0569 e. The fourth-order valence-electron chi connectivity index (χ4n) is 2.63. The van der Waals surface area contributed by atoms with Gasteiger partial charge in [-0.05, 0) is 40.2 Å². The zero-order valence-corrected chi connectivity index (χ0v) is 14.0. The van der Waals surface area contributed by atoms with Crippen molar-refractivity contribution in [3.05, 3.63) is 69.7 Å². The Morgan fingerprint density at radius 3 is 2.05 bits per heavy atom. The van der Waals surface area contributed by atoms with Crippen LogP contribution in [0.15, 0.2) is 42.5 Å². The average Bonchev–Trinajstić information content (AvgIpc) is 2.46. The summed E-state index contributed by atoms with van der Waals surface area (Å²) in [5.74, 6) is 0.959. The third-order valence-electron chi connectivity index (χ3n) is 3.97. The molecule has 0 saturated heterocycles. The average molecular weight is 302 g/mol. The second-order valence-corrected chi connectivity index (χ2v) is 6.60. The van der Waals surface area contributed by atoms with Crippen molar-refractivity contribution in [1.29, 1.82) is 0 Å². The normalized spacial score (nSPS) is 13.0. The Morgan fingerprint density at radius 2 is 1.48 bits per heavy atom. The van der Waals surface area contributed by atoms with Gasteiger partial charge in [-0.25, -0.2) is 0 Å². The van der Waals surface area contributed by atoms with Gasteiger partial charge >= 0.3 is 0 Å². The van der Waals surface area contributed by atoms with Gasteiger partial charge in [-0.3, -0.25) is 0 Å². The Labute approximate surface area is 133 Å². The van der Waals surface area contributed by atoms with Crippen molar-refractivity contribution in [3.63, 3.8) is 0 Å². The molecule has 112 valence electrons. The fourth-order valence-corrected chi connectivity index (χ4v) is 2.88. The van der Waals surface area contributed by atoms with Crippen LogP contribution in [0.5, 0.6) is 0 Å². The Morgan fingerprint density at radius 1 is 0.810 bits per heavy atom. The van der Waals surface area contributed by atoms with Crippen LogP contribution < -0.4 is 5.73 Å². The lowest BCUT2D eigenvalue weighted by molar-refractivity contribution is 0.781. The highest BCUT2D eigenvalue weighted by atomic mass is 35.5. The Hall–Kier alpha value is -1.31. The first-order chi connectivity index (χ1) is 9.91. The topological polar surface area (TPSA) is 26.0 Å². The summed E-state index contributed by atoms with van der Waals surface area (Å²) in [6, 6.07) is 14.3. The molecule has 2 aromatic rings. The minimum absolute atomic E-state index is 0.183. The van der Waals surface area contributed by atoms with Gasteiger partial charge in [-0.2, -0.15) is 0 Å². The molecule has 0 spiro atoms. The minimum Gasteiger partial charge on any atom is -0.320 e. The molecule has 1 nitrogen and oxygen atoms in total. The second kappa shape index (κ2) is 6.64. The van der Waals surface area contributed by atoms with E-state index in [9.17, 15) is 0 Å². The van der Waals surface area contributed by atoms with Gasteiger partial charge in [-0.1, -0.05) is 75.7 Å². The molecule has 1 unspecified atom stereocenters. The maximum absolute atomic E-state index is 6.50. The molecule has 0 radical (unpaired) electrons. The predicted molar refractivity (Wildman–Crippen MR) is 92.1 cm³/mol. The van der Waals surface area contributed by atoms with E-state index in [2.05, 4.69) is 45.9 Å². The van der Waals surface area contributed by atoms with Crippen LogP contribution in [-0.4, -0.2) is 0 Å². The van der Waals surface area contributed by atoms with E-state index in [0.29, 0.717) is 11.8 Å². The van der Waals surface area contributed by atoms with Crippen molar-refractivity contribution in [2.45, 2.75) is 45.6 Å². The van der Waals surface area contributed by atoms with Crippen molar-refractivity contribution < 1.29 is 0 Å². The highest BCUT2D eigenvalue weighted by molar-refractivity contribution is 6.31. The molecule has 0 aliphatic heterocycles. The summed E-state index contributed by atoms with van der Waals surface area (Å²) in [7, 11) is 0. The Bertz CT molecular complexity index is 617. The van der Waals surface area contributed by atoms with Gasteiger partial charge in [0.15, 0.2) is 0 Å². The van der Waals surface area contributed by atoms with Gasteiger partial charge in [-0.15, -0.1) is 0 Å². The molecule has 21 heavy (non-hydrogen) atoms. The van der Waals surface area contributed by atoms with E-state index in [-0.39, 0.29) is 6.04 Å². The van der Waals surface area contributed by atoms with E-state index in [4.69, 9.17) is 17.3 Å². The SMILES string of the molecule is CC(C)c1ccc(C(N)c2ccccc2Cl)c(C(C)C)c1. The number of nitrogens with two attached hydrogens (primary N) is 1. The monoisotopic (exact) mass is 301 g/mol. The quantitative estimate of drug-likeness (QED) is 0.777. The van der Waals surface area contributed by atoms with Gasteiger partial charge in [0.2, 0.25) is 0 Å². The number of hydrogen-bond donors (Lipinski definition) is 1. The summed E-state index contributed by atoms with van der Waals surface area (Å²) in [5, 5.41) is 0.729. The molecule has 0 bridgehead atoms. The van der Waals surface area contributed by atoms with Crippen molar-refractivity contribution in [2.75, 3.05) is 0 Å². The highest BCUT2D eigenvalue weighted by Crippen LogP contribution is 2.33. The molecule has 0 fully saturated rings. The molecular weight excluding hydrogens is 278 g/mol. The minimum atomic E-state index is -0.183. The molecule has 0 amide bonds. The van der Waals surface area contributed by atoms with Crippen LogP contribution in [0.25, 0.3) is 0 Å².